The topological polar surface area (TPSA) is 57.6 Å². The van der Waals surface area contributed by atoms with Gasteiger partial charge in [-0.05, 0) is 43.7 Å². The molecule has 0 spiro atoms. The normalized spacial score (nSPS) is 18.1. The summed E-state index contributed by atoms with van der Waals surface area (Å²) in [4.78, 5) is 0.249. The predicted octanol–water partition coefficient (Wildman–Crippen LogP) is 3.39. The van der Waals surface area contributed by atoms with Crippen molar-refractivity contribution in [2.24, 2.45) is 0 Å². The Balaban J connectivity index is 2.09. The van der Waals surface area contributed by atoms with E-state index in [1.807, 2.05) is 19.1 Å². The molecule has 0 aliphatic carbocycles. The molecule has 0 saturated carbocycles. The SMILES string of the molecule is Cc1ccc2c(c1)C(O)CCN2S(=O)(=O)c1ccc(Br)cc1. The first-order valence-corrected chi connectivity index (χ1v) is 9.20. The van der Waals surface area contributed by atoms with Crippen molar-refractivity contribution in [3.8, 4) is 0 Å². The third-order valence-corrected chi connectivity index (χ3v) is 6.17. The van der Waals surface area contributed by atoms with E-state index >= 15 is 0 Å². The van der Waals surface area contributed by atoms with Crippen LogP contribution in [0.25, 0.3) is 0 Å². The van der Waals surface area contributed by atoms with Crippen LogP contribution in [0.15, 0.2) is 51.8 Å². The van der Waals surface area contributed by atoms with E-state index in [9.17, 15) is 13.5 Å². The standard InChI is InChI=1S/C16H16BrNO3S/c1-11-2-7-15-14(10-11)16(19)8-9-18(15)22(20,21)13-5-3-12(17)4-6-13/h2-7,10,16,19H,8-9H2,1H3. The summed E-state index contributed by atoms with van der Waals surface area (Å²) < 4.78 is 28.0. The fourth-order valence-electron chi connectivity index (χ4n) is 2.67. The lowest BCUT2D eigenvalue weighted by atomic mass is 9.99. The second kappa shape index (κ2) is 5.68. The van der Waals surface area contributed by atoms with E-state index in [0.29, 0.717) is 17.7 Å². The van der Waals surface area contributed by atoms with Gasteiger partial charge in [-0.3, -0.25) is 4.31 Å². The largest absolute Gasteiger partial charge is 0.388 e. The molecule has 2 aromatic carbocycles. The summed E-state index contributed by atoms with van der Waals surface area (Å²) in [7, 11) is -3.63. The fourth-order valence-corrected chi connectivity index (χ4v) is 4.44. The number of benzene rings is 2. The minimum atomic E-state index is -3.63. The Morgan fingerprint density at radius 3 is 2.55 bits per heavy atom. The van der Waals surface area contributed by atoms with Crippen LogP contribution in [0.5, 0.6) is 0 Å². The Labute approximate surface area is 138 Å². The number of aliphatic hydroxyl groups is 1. The molecule has 6 heteroatoms. The highest BCUT2D eigenvalue weighted by Gasteiger charge is 2.32. The van der Waals surface area contributed by atoms with Crippen LogP contribution in [0.2, 0.25) is 0 Å². The van der Waals surface area contributed by atoms with Gasteiger partial charge < -0.3 is 5.11 Å². The van der Waals surface area contributed by atoms with Crippen LogP contribution in [-0.4, -0.2) is 20.1 Å². The van der Waals surface area contributed by atoms with Gasteiger partial charge in [-0.15, -0.1) is 0 Å². The molecule has 1 N–H and O–H groups in total. The first-order valence-electron chi connectivity index (χ1n) is 6.96. The summed E-state index contributed by atoms with van der Waals surface area (Å²) in [5, 5.41) is 10.1. The van der Waals surface area contributed by atoms with E-state index in [-0.39, 0.29) is 11.4 Å². The number of hydrogen-bond acceptors (Lipinski definition) is 3. The summed E-state index contributed by atoms with van der Waals surface area (Å²) in [5.74, 6) is 0. The van der Waals surface area contributed by atoms with Crippen molar-refractivity contribution in [1.82, 2.24) is 0 Å². The molecule has 0 fully saturated rings. The highest BCUT2D eigenvalue weighted by Crippen LogP contribution is 2.37. The fraction of sp³-hybridized carbons (Fsp3) is 0.250. The lowest BCUT2D eigenvalue weighted by Crippen LogP contribution is -2.36. The van der Waals surface area contributed by atoms with E-state index in [1.165, 1.54) is 4.31 Å². The summed E-state index contributed by atoms with van der Waals surface area (Å²) in [6.45, 7) is 2.20. The van der Waals surface area contributed by atoms with Crippen molar-refractivity contribution < 1.29 is 13.5 Å². The molecule has 3 rings (SSSR count). The van der Waals surface area contributed by atoms with Gasteiger partial charge in [-0.1, -0.05) is 33.6 Å². The van der Waals surface area contributed by atoms with Gasteiger partial charge >= 0.3 is 0 Å². The number of nitrogens with zero attached hydrogens (tertiary/aromatic N) is 1. The molecular weight excluding hydrogens is 366 g/mol. The van der Waals surface area contributed by atoms with Gasteiger partial charge in [0.25, 0.3) is 10.0 Å². The Kier molecular flexibility index (Phi) is 4.01. The lowest BCUT2D eigenvalue weighted by Gasteiger charge is -2.33. The van der Waals surface area contributed by atoms with Crippen molar-refractivity contribution in [3.05, 3.63) is 58.1 Å². The summed E-state index contributed by atoms with van der Waals surface area (Å²) in [5.41, 5.74) is 2.24. The maximum Gasteiger partial charge on any atom is 0.264 e. The van der Waals surface area contributed by atoms with Gasteiger partial charge in [-0.25, -0.2) is 8.42 Å². The summed E-state index contributed by atoms with van der Waals surface area (Å²) in [6.07, 6.45) is -0.224. The monoisotopic (exact) mass is 381 g/mol. The third-order valence-electron chi connectivity index (χ3n) is 3.82. The van der Waals surface area contributed by atoms with E-state index in [0.717, 1.165) is 10.0 Å². The van der Waals surface area contributed by atoms with E-state index < -0.39 is 16.1 Å². The lowest BCUT2D eigenvalue weighted by molar-refractivity contribution is 0.166. The number of aliphatic hydroxyl groups excluding tert-OH is 1. The Morgan fingerprint density at radius 1 is 1.18 bits per heavy atom. The number of anilines is 1. The molecule has 116 valence electrons. The first-order chi connectivity index (χ1) is 10.4. The molecule has 1 aliphatic rings. The molecule has 0 saturated heterocycles. The Hall–Kier alpha value is -1.37. The van der Waals surface area contributed by atoms with Gasteiger partial charge in [0, 0.05) is 16.6 Å². The molecular formula is C16H16BrNO3S. The summed E-state index contributed by atoms with van der Waals surface area (Å²) >= 11 is 3.31. The van der Waals surface area contributed by atoms with Crippen molar-refractivity contribution in [3.63, 3.8) is 0 Å². The van der Waals surface area contributed by atoms with Crippen LogP contribution in [0.3, 0.4) is 0 Å². The molecule has 22 heavy (non-hydrogen) atoms. The molecule has 1 heterocycles. The maximum absolute atomic E-state index is 12.9. The van der Waals surface area contributed by atoms with Crippen LogP contribution >= 0.6 is 15.9 Å². The average molecular weight is 382 g/mol. The van der Waals surface area contributed by atoms with E-state index in [2.05, 4.69) is 15.9 Å². The number of hydrogen-bond donors (Lipinski definition) is 1. The van der Waals surface area contributed by atoms with Gasteiger partial charge in [0.1, 0.15) is 0 Å². The van der Waals surface area contributed by atoms with Crippen molar-refractivity contribution >= 4 is 31.6 Å². The number of fused-ring (bicyclic) bond motifs is 1. The molecule has 0 amide bonds. The first kappa shape index (κ1) is 15.5. The van der Waals surface area contributed by atoms with Crippen molar-refractivity contribution in [1.29, 1.82) is 0 Å². The number of halogens is 1. The third kappa shape index (κ3) is 2.66. The number of sulfonamides is 1. The predicted molar refractivity (Wildman–Crippen MR) is 89.4 cm³/mol. The molecule has 0 aromatic heterocycles. The highest BCUT2D eigenvalue weighted by atomic mass is 79.9. The van der Waals surface area contributed by atoms with Crippen molar-refractivity contribution in [2.75, 3.05) is 10.8 Å². The molecule has 1 atom stereocenters. The molecule has 1 unspecified atom stereocenters. The van der Waals surface area contributed by atoms with Crippen LogP contribution in [-0.2, 0) is 10.0 Å². The Morgan fingerprint density at radius 2 is 1.86 bits per heavy atom. The number of rotatable bonds is 2. The zero-order valence-corrected chi connectivity index (χ0v) is 14.4. The Bertz CT molecular complexity index is 803. The summed E-state index contributed by atoms with van der Waals surface area (Å²) in [6, 6.07) is 12.1. The van der Waals surface area contributed by atoms with Gasteiger partial charge in [0.15, 0.2) is 0 Å². The highest BCUT2D eigenvalue weighted by molar-refractivity contribution is 9.10. The molecule has 1 aliphatic heterocycles. The second-order valence-corrected chi connectivity index (χ2v) is 8.18. The second-order valence-electron chi connectivity index (χ2n) is 5.40. The molecule has 0 bridgehead atoms. The smallest absolute Gasteiger partial charge is 0.264 e. The minimum Gasteiger partial charge on any atom is -0.388 e. The van der Waals surface area contributed by atoms with Crippen LogP contribution in [0, 0.1) is 6.92 Å². The minimum absolute atomic E-state index is 0.249. The van der Waals surface area contributed by atoms with Gasteiger partial charge in [0.05, 0.1) is 16.7 Å². The van der Waals surface area contributed by atoms with E-state index in [1.54, 1.807) is 30.3 Å². The number of aryl methyl sites for hydroxylation is 1. The van der Waals surface area contributed by atoms with Gasteiger partial charge in [0.2, 0.25) is 0 Å². The molecule has 0 radical (unpaired) electrons. The molecule has 2 aromatic rings. The zero-order chi connectivity index (χ0) is 15.9. The zero-order valence-electron chi connectivity index (χ0n) is 12.0. The van der Waals surface area contributed by atoms with Crippen LogP contribution in [0.4, 0.5) is 5.69 Å². The quantitative estimate of drug-likeness (QED) is 0.866. The van der Waals surface area contributed by atoms with Gasteiger partial charge in [-0.2, -0.15) is 0 Å². The van der Waals surface area contributed by atoms with Crippen molar-refractivity contribution in [2.45, 2.75) is 24.3 Å². The van der Waals surface area contributed by atoms with Crippen LogP contribution < -0.4 is 4.31 Å². The molecule has 4 nitrogen and oxygen atoms in total. The van der Waals surface area contributed by atoms with Crippen LogP contribution in [0.1, 0.15) is 23.7 Å². The average Bonchev–Trinajstić information content (AvgIpc) is 2.48. The van der Waals surface area contributed by atoms with E-state index in [4.69, 9.17) is 0 Å². The maximum atomic E-state index is 12.9.